The maximum Gasteiger partial charge on any atom is 0.230 e. The van der Waals surface area contributed by atoms with Crippen molar-refractivity contribution in [1.82, 2.24) is 14.9 Å². The highest BCUT2D eigenvalue weighted by Gasteiger charge is 2.17. The van der Waals surface area contributed by atoms with Crippen LogP contribution in [-0.4, -0.2) is 27.8 Å². The van der Waals surface area contributed by atoms with E-state index in [-0.39, 0.29) is 11.7 Å². The first-order chi connectivity index (χ1) is 13.2. The molecule has 1 aromatic heterocycles. The monoisotopic (exact) mass is 396 g/mol. The van der Waals surface area contributed by atoms with Gasteiger partial charge in [-0.1, -0.05) is 65.8 Å². The third kappa shape index (κ3) is 4.70. The summed E-state index contributed by atoms with van der Waals surface area (Å²) in [5, 5.41) is 12.6. The number of benzene rings is 2. The highest BCUT2D eigenvalue weighted by molar-refractivity contribution is 7.99. The molecule has 136 valence electrons. The molecule has 1 amide bonds. The second-order valence-corrected chi connectivity index (χ2v) is 6.98. The molecule has 3 aromatic rings. The second-order valence-electron chi connectivity index (χ2n) is 5.63. The molecule has 0 saturated heterocycles. The molecule has 3 rings (SSSR count). The number of carbonyl (C=O) groups excluding carboxylic acids is 1. The van der Waals surface area contributed by atoms with Gasteiger partial charge in [-0.05, 0) is 12.1 Å². The number of aromatic nitrogens is 2. The highest BCUT2D eigenvalue weighted by atomic mass is 35.5. The molecule has 1 heterocycles. The van der Waals surface area contributed by atoms with Crippen molar-refractivity contribution in [2.45, 2.75) is 11.6 Å². The Morgan fingerprint density at radius 2 is 1.93 bits per heavy atom. The SMILES string of the molecule is N#CCCNC(=O)CSc1ncc(-c2ccccc2)n1-c1ccccc1Cl. The molecule has 0 radical (unpaired) electrons. The van der Waals surface area contributed by atoms with E-state index >= 15 is 0 Å². The number of halogens is 1. The predicted molar refractivity (Wildman–Crippen MR) is 108 cm³/mol. The standard InChI is InChI=1S/C20H17ClN4OS/c21-16-9-4-5-10-17(16)25-18(15-7-2-1-3-8-15)13-24-20(25)27-14-19(26)23-12-6-11-22/h1-5,7-10,13H,6,12,14H2,(H,23,26). The minimum atomic E-state index is -0.134. The van der Waals surface area contributed by atoms with Crippen LogP contribution in [0.25, 0.3) is 16.9 Å². The van der Waals surface area contributed by atoms with Gasteiger partial charge < -0.3 is 5.32 Å². The number of amides is 1. The second kappa shape index (κ2) is 9.26. The summed E-state index contributed by atoms with van der Waals surface area (Å²) in [4.78, 5) is 16.5. The van der Waals surface area contributed by atoms with Crippen molar-refractivity contribution >= 4 is 29.3 Å². The zero-order valence-electron chi connectivity index (χ0n) is 14.4. The quantitative estimate of drug-likeness (QED) is 0.477. The predicted octanol–water partition coefficient (Wildman–Crippen LogP) is 4.31. The third-order valence-electron chi connectivity index (χ3n) is 3.78. The van der Waals surface area contributed by atoms with E-state index in [2.05, 4.69) is 10.3 Å². The van der Waals surface area contributed by atoms with Crippen molar-refractivity contribution in [3.8, 4) is 23.0 Å². The van der Waals surface area contributed by atoms with Crippen LogP contribution < -0.4 is 5.32 Å². The maximum atomic E-state index is 12.0. The Balaban J connectivity index is 1.91. The molecular formula is C20H17ClN4OS. The van der Waals surface area contributed by atoms with Crippen molar-refractivity contribution in [2.24, 2.45) is 0 Å². The number of thioether (sulfide) groups is 1. The van der Waals surface area contributed by atoms with Crippen molar-refractivity contribution < 1.29 is 4.79 Å². The van der Waals surface area contributed by atoms with E-state index < -0.39 is 0 Å². The molecule has 0 aliphatic carbocycles. The van der Waals surface area contributed by atoms with Crippen molar-refractivity contribution in [2.75, 3.05) is 12.3 Å². The van der Waals surface area contributed by atoms with Crippen molar-refractivity contribution in [3.05, 3.63) is 65.8 Å². The summed E-state index contributed by atoms with van der Waals surface area (Å²) < 4.78 is 1.96. The Morgan fingerprint density at radius 3 is 2.67 bits per heavy atom. The molecule has 0 aliphatic rings. The average Bonchev–Trinajstić information content (AvgIpc) is 3.11. The van der Waals surface area contributed by atoms with Crippen LogP contribution in [0.15, 0.2) is 66.0 Å². The van der Waals surface area contributed by atoms with Gasteiger partial charge >= 0.3 is 0 Å². The van der Waals surface area contributed by atoms with Gasteiger partial charge in [0.25, 0.3) is 0 Å². The normalized spacial score (nSPS) is 10.4. The number of imidazole rings is 1. The average molecular weight is 397 g/mol. The van der Waals surface area contributed by atoms with Gasteiger partial charge in [-0.25, -0.2) is 4.98 Å². The third-order valence-corrected chi connectivity index (χ3v) is 5.06. The fraction of sp³-hybridized carbons (Fsp3) is 0.150. The fourth-order valence-electron chi connectivity index (χ4n) is 2.55. The molecule has 0 fully saturated rings. The minimum absolute atomic E-state index is 0.134. The minimum Gasteiger partial charge on any atom is -0.354 e. The highest BCUT2D eigenvalue weighted by Crippen LogP contribution is 2.32. The van der Waals surface area contributed by atoms with Gasteiger partial charge in [0.05, 0.1) is 40.8 Å². The number of nitrogens with one attached hydrogen (secondary N) is 1. The smallest absolute Gasteiger partial charge is 0.230 e. The zero-order chi connectivity index (χ0) is 19.1. The summed E-state index contributed by atoms with van der Waals surface area (Å²) in [6.45, 7) is 0.351. The van der Waals surface area contributed by atoms with E-state index in [1.54, 1.807) is 6.20 Å². The van der Waals surface area contributed by atoms with Crippen LogP contribution in [0.5, 0.6) is 0 Å². The number of hydrogen-bond donors (Lipinski definition) is 1. The Morgan fingerprint density at radius 1 is 1.19 bits per heavy atom. The molecule has 5 nitrogen and oxygen atoms in total. The topological polar surface area (TPSA) is 70.7 Å². The van der Waals surface area contributed by atoms with Crippen LogP contribution in [0.2, 0.25) is 5.02 Å². The zero-order valence-corrected chi connectivity index (χ0v) is 16.0. The van der Waals surface area contributed by atoms with E-state index in [0.29, 0.717) is 23.1 Å². The molecule has 1 N–H and O–H groups in total. The molecule has 0 saturated carbocycles. The molecule has 0 bridgehead atoms. The van der Waals surface area contributed by atoms with Gasteiger partial charge in [-0.15, -0.1) is 0 Å². The molecule has 27 heavy (non-hydrogen) atoms. The van der Waals surface area contributed by atoms with Crippen LogP contribution in [0, 0.1) is 11.3 Å². The van der Waals surface area contributed by atoms with E-state index in [1.807, 2.05) is 65.2 Å². The molecule has 2 aromatic carbocycles. The largest absolute Gasteiger partial charge is 0.354 e. The van der Waals surface area contributed by atoms with Gasteiger partial charge in [0, 0.05) is 12.1 Å². The van der Waals surface area contributed by atoms with E-state index in [9.17, 15) is 4.79 Å². The first kappa shape index (κ1) is 19.0. The lowest BCUT2D eigenvalue weighted by Crippen LogP contribution is -2.26. The van der Waals surface area contributed by atoms with E-state index in [0.717, 1.165) is 16.9 Å². The molecule has 7 heteroatoms. The first-order valence-corrected chi connectivity index (χ1v) is 9.71. The Kier molecular flexibility index (Phi) is 6.53. The number of nitrogens with zero attached hydrogens (tertiary/aromatic N) is 3. The summed E-state index contributed by atoms with van der Waals surface area (Å²) in [6.07, 6.45) is 2.08. The molecule has 0 unspecified atom stereocenters. The molecule has 0 atom stereocenters. The lowest BCUT2D eigenvalue weighted by Gasteiger charge is -2.13. The van der Waals surface area contributed by atoms with Crippen LogP contribution in [0.1, 0.15) is 6.42 Å². The van der Waals surface area contributed by atoms with Crippen molar-refractivity contribution in [3.63, 3.8) is 0 Å². The summed E-state index contributed by atoms with van der Waals surface area (Å²) in [7, 11) is 0. The van der Waals surface area contributed by atoms with Crippen LogP contribution >= 0.6 is 23.4 Å². The Bertz CT molecular complexity index is 966. The molecule has 0 spiro atoms. The van der Waals surface area contributed by atoms with Crippen LogP contribution in [0.3, 0.4) is 0 Å². The van der Waals surface area contributed by atoms with Gasteiger partial charge in [-0.3, -0.25) is 9.36 Å². The Hall–Kier alpha value is -2.75. The lowest BCUT2D eigenvalue weighted by molar-refractivity contribution is -0.118. The number of hydrogen-bond acceptors (Lipinski definition) is 4. The lowest BCUT2D eigenvalue weighted by atomic mass is 10.1. The fourth-order valence-corrected chi connectivity index (χ4v) is 3.59. The number of nitriles is 1. The van der Waals surface area contributed by atoms with Crippen molar-refractivity contribution in [1.29, 1.82) is 5.26 Å². The number of rotatable bonds is 7. The number of para-hydroxylation sites is 1. The van der Waals surface area contributed by atoms with Crippen LogP contribution in [0.4, 0.5) is 0 Å². The van der Waals surface area contributed by atoms with Gasteiger partial charge in [0.1, 0.15) is 0 Å². The molecular weight excluding hydrogens is 380 g/mol. The summed E-state index contributed by atoms with van der Waals surface area (Å²) in [6, 6.07) is 19.5. The first-order valence-electron chi connectivity index (χ1n) is 8.35. The van der Waals surface area contributed by atoms with E-state index in [1.165, 1.54) is 11.8 Å². The Labute approximate surface area is 167 Å². The number of carbonyl (C=O) groups is 1. The van der Waals surface area contributed by atoms with E-state index in [4.69, 9.17) is 16.9 Å². The van der Waals surface area contributed by atoms with Crippen LogP contribution in [-0.2, 0) is 4.79 Å². The van der Waals surface area contributed by atoms with Gasteiger partial charge in [-0.2, -0.15) is 5.26 Å². The summed E-state index contributed by atoms with van der Waals surface area (Å²) >= 11 is 7.76. The molecule has 0 aliphatic heterocycles. The van der Waals surface area contributed by atoms with Gasteiger partial charge in [0.2, 0.25) is 5.91 Å². The van der Waals surface area contributed by atoms with Gasteiger partial charge in [0.15, 0.2) is 5.16 Å². The summed E-state index contributed by atoms with van der Waals surface area (Å²) in [5.41, 5.74) is 2.72. The maximum absolute atomic E-state index is 12.0. The summed E-state index contributed by atoms with van der Waals surface area (Å²) in [5.74, 6) is 0.0754.